The van der Waals surface area contributed by atoms with E-state index in [1.165, 1.54) is 23.5 Å². The molecule has 0 bridgehead atoms. The van der Waals surface area contributed by atoms with Crippen LogP contribution in [0.3, 0.4) is 0 Å². The maximum atomic E-state index is 12.5. The minimum Gasteiger partial charge on any atom is -0.383 e. The van der Waals surface area contributed by atoms with Gasteiger partial charge in [-0.2, -0.15) is 4.99 Å². The Morgan fingerprint density at radius 2 is 2.04 bits per heavy atom. The summed E-state index contributed by atoms with van der Waals surface area (Å²) >= 11 is 2.91. The lowest BCUT2D eigenvalue weighted by molar-refractivity contribution is -0.384. The van der Waals surface area contributed by atoms with E-state index in [1.54, 1.807) is 24.9 Å². The lowest BCUT2D eigenvalue weighted by Crippen LogP contribution is -2.19. The van der Waals surface area contributed by atoms with Crippen molar-refractivity contribution in [2.45, 2.75) is 17.9 Å². The van der Waals surface area contributed by atoms with Crippen molar-refractivity contribution in [1.82, 2.24) is 4.57 Å². The van der Waals surface area contributed by atoms with Crippen LogP contribution in [0.25, 0.3) is 10.2 Å². The van der Waals surface area contributed by atoms with Crippen molar-refractivity contribution in [3.63, 3.8) is 0 Å². The summed E-state index contributed by atoms with van der Waals surface area (Å²) in [5, 5.41) is 11.0. The summed E-state index contributed by atoms with van der Waals surface area (Å²) in [5.74, 6) is -0.260. The second-order valence-electron chi connectivity index (χ2n) is 5.97. The molecule has 1 aromatic heterocycles. The van der Waals surface area contributed by atoms with Gasteiger partial charge in [0.15, 0.2) is 4.80 Å². The van der Waals surface area contributed by atoms with Crippen LogP contribution in [0.5, 0.6) is 0 Å². The van der Waals surface area contributed by atoms with E-state index in [0.29, 0.717) is 22.7 Å². The van der Waals surface area contributed by atoms with Crippen LogP contribution in [0.1, 0.15) is 5.56 Å². The van der Waals surface area contributed by atoms with Gasteiger partial charge < -0.3 is 9.30 Å². The molecule has 7 nitrogen and oxygen atoms in total. The maximum Gasteiger partial charge on any atom is 0.270 e. The van der Waals surface area contributed by atoms with Crippen molar-refractivity contribution >= 4 is 44.9 Å². The largest absolute Gasteiger partial charge is 0.383 e. The predicted octanol–water partition coefficient (Wildman–Crippen LogP) is 3.65. The summed E-state index contributed by atoms with van der Waals surface area (Å²) in [6, 6.07) is 12.4. The third-order valence-corrected chi connectivity index (χ3v) is 5.92. The molecule has 0 unspecified atom stereocenters. The summed E-state index contributed by atoms with van der Waals surface area (Å²) in [6.07, 6.45) is 2.20. The molecule has 3 rings (SSSR count). The minimum atomic E-state index is -0.432. The number of nitro benzene ring substituents is 1. The molecule has 2 aromatic carbocycles. The Morgan fingerprint density at radius 1 is 1.29 bits per heavy atom. The Morgan fingerprint density at radius 3 is 2.68 bits per heavy atom. The number of thiazole rings is 1. The molecule has 0 aliphatic carbocycles. The van der Waals surface area contributed by atoms with Crippen LogP contribution in [-0.4, -0.2) is 35.4 Å². The topological polar surface area (TPSA) is 86.7 Å². The summed E-state index contributed by atoms with van der Waals surface area (Å²) in [4.78, 5) is 29.0. The Hall–Kier alpha value is -2.49. The lowest BCUT2D eigenvalue weighted by atomic mass is 10.1. The van der Waals surface area contributed by atoms with E-state index in [9.17, 15) is 14.9 Å². The Balaban J connectivity index is 1.96. The summed E-state index contributed by atoms with van der Waals surface area (Å²) in [6.45, 7) is 0.948. The van der Waals surface area contributed by atoms with Gasteiger partial charge in [-0.15, -0.1) is 11.8 Å². The molecule has 0 aliphatic heterocycles. The van der Waals surface area contributed by atoms with Gasteiger partial charge in [-0.1, -0.05) is 23.5 Å². The number of hydrogen-bond acceptors (Lipinski definition) is 6. The molecule has 146 valence electrons. The van der Waals surface area contributed by atoms with E-state index in [4.69, 9.17) is 4.74 Å². The second kappa shape index (κ2) is 9.13. The quantitative estimate of drug-likeness (QED) is 0.333. The molecule has 3 aromatic rings. The van der Waals surface area contributed by atoms with Gasteiger partial charge >= 0.3 is 0 Å². The highest BCUT2D eigenvalue weighted by Crippen LogP contribution is 2.23. The van der Waals surface area contributed by atoms with Gasteiger partial charge in [-0.05, 0) is 30.0 Å². The normalized spacial score (nSPS) is 11.9. The number of carbonyl (C=O) groups is 1. The van der Waals surface area contributed by atoms with Crippen molar-refractivity contribution < 1.29 is 14.5 Å². The third-order valence-electron chi connectivity index (χ3n) is 4.13. The van der Waals surface area contributed by atoms with Gasteiger partial charge in [0.2, 0.25) is 0 Å². The second-order valence-corrected chi connectivity index (χ2v) is 7.86. The van der Waals surface area contributed by atoms with Gasteiger partial charge in [0.1, 0.15) is 0 Å². The third kappa shape index (κ3) is 4.67. The number of carbonyl (C=O) groups excluding carboxylic acids is 1. The van der Waals surface area contributed by atoms with Crippen molar-refractivity contribution in [1.29, 1.82) is 0 Å². The van der Waals surface area contributed by atoms with Crippen molar-refractivity contribution in [3.05, 3.63) is 62.9 Å². The zero-order chi connectivity index (χ0) is 20.1. The highest BCUT2D eigenvalue weighted by atomic mass is 32.2. The minimum absolute atomic E-state index is 0.0133. The first kappa shape index (κ1) is 20.2. The molecule has 0 aliphatic rings. The SMILES string of the molecule is COCCn1c(=NC(=O)Cc2ccc(SC)cc2)sc2cc([N+](=O)[O-])ccc21. The summed E-state index contributed by atoms with van der Waals surface area (Å²) in [7, 11) is 1.60. The first-order chi connectivity index (χ1) is 13.5. The molecule has 1 heterocycles. The smallest absolute Gasteiger partial charge is 0.270 e. The first-order valence-electron chi connectivity index (χ1n) is 8.49. The predicted molar refractivity (Wildman–Crippen MR) is 111 cm³/mol. The Labute approximate surface area is 169 Å². The Bertz CT molecular complexity index is 1070. The van der Waals surface area contributed by atoms with Gasteiger partial charge in [-0.25, -0.2) is 0 Å². The number of nitrogens with zero attached hydrogens (tertiary/aromatic N) is 3. The number of amides is 1. The fourth-order valence-corrected chi connectivity index (χ4v) is 4.24. The molecule has 0 saturated heterocycles. The number of hydrogen-bond donors (Lipinski definition) is 0. The molecule has 1 amide bonds. The molecule has 28 heavy (non-hydrogen) atoms. The van der Waals surface area contributed by atoms with Crippen molar-refractivity contribution in [2.75, 3.05) is 20.0 Å². The van der Waals surface area contributed by atoms with Crippen molar-refractivity contribution in [2.24, 2.45) is 4.99 Å². The van der Waals surface area contributed by atoms with Crippen LogP contribution in [0.2, 0.25) is 0 Å². The molecule has 0 radical (unpaired) electrons. The van der Waals surface area contributed by atoms with Crippen LogP contribution >= 0.6 is 23.1 Å². The van der Waals surface area contributed by atoms with E-state index in [1.807, 2.05) is 35.1 Å². The number of ether oxygens (including phenoxy) is 1. The highest BCUT2D eigenvalue weighted by molar-refractivity contribution is 7.98. The highest BCUT2D eigenvalue weighted by Gasteiger charge is 2.13. The number of aromatic nitrogens is 1. The molecule has 9 heteroatoms. The molecule has 0 atom stereocenters. The number of fused-ring (bicyclic) bond motifs is 1. The molecule has 0 fully saturated rings. The number of non-ortho nitro benzene ring substituents is 1. The van der Waals surface area contributed by atoms with Crippen LogP contribution in [-0.2, 0) is 22.5 Å². The van der Waals surface area contributed by atoms with Gasteiger partial charge in [0, 0.05) is 30.7 Å². The first-order valence-corrected chi connectivity index (χ1v) is 10.5. The lowest BCUT2D eigenvalue weighted by Gasteiger charge is -2.04. The van der Waals surface area contributed by atoms with E-state index < -0.39 is 4.92 Å². The van der Waals surface area contributed by atoms with Gasteiger partial charge in [0.25, 0.3) is 11.6 Å². The monoisotopic (exact) mass is 417 g/mol. The van der Waals surface area contributed by atoms with Crippen LogP contribution in [0.15, 0.2) is 52.4 Å². The van der Waals surface area contributed by atoms with Crippen LogP contribution in [0.4, 0.5) is 5.69 Å². The zero-order valence-corrected chi connectivity index (χ0v) is 17.1. The molecular weight excluding hydrogens is 398 g/mol. The van der Waals surface area contributed by atoms with Gasteiger partial charge in [0.05, 0.1) is 28.2 Å². The number of thioether (sulfide) groups is 1. The van der Waals surface area contributed by atoms with E-state index in [2.05, 4.69) is 4.99 Å². The summed E-state index contributed by atoms with van der Waals surface area (Å²) < 4.78 is 7.72. The number of methoxy groups -OCH3 is 1. The summed E-state index contributed by atoms with van der Waals surface area (Å²) in [5.41, 5.74) is 1.70. The van der Waals surface area contributed by atoms with Gasteiger partial charge in [-0.3, -0.25) is 14.9 Å². The fraction of sp³-hybridized carbons (Fsp3) is 0.263. The number of benzene rings is 2. The van der Waals surface area contributed by atoms with Crippen LogP contribution < -0.4 is 4.80 Å². The molecular formula is C19H19N3O4S2. The standard InChI is InChI=1S/C19H19N3O4S2/c1-26-10-9-21-16-8-5-14(22(24)25)12-17(16)28-19(21)20-18(23)11-13-3-6-15(27-2)7-4-13/h3-8,12H,9-11H2,1-2H3. The fourth-order valence-electron chi connectivity index (χ4n) is 2.72. The number of nitro groups is 1. The van der Waals surface area contributed by atoms with E-state index in [-0.39, 0.29) is 18.0 Å². The van der Waals surface area contributed by atoms with E-state index in [0.717, 1.165) is 16.0 Å². The molecule has 0 spiro atoms. The number of rotatable bonds is 7. The average molecular weight is 418 g/mol. The van der Waals surface area contributed by atoms with Crippen molar-refractivity contribution in [3.8, 4) is 0 Å². The molecule has 0 saturated carbocycles. The maximum absolute atomic E-state index is 12.5. The van der Waals surface area contributed by atoms with Crippen LogP contribution in [0, 0.1) is 10.1 Å². The Kier molecular flexibility index (Phi) is 6.61. The average Bonchev–Trinajstić information content (AvgIpc) is 3.02. The van der Waals surface area contributed by atoms with E-state index >= 15 is 0 Å². The molecule has 0 N–H and O–H groups in total. The zero-order valence-electron chi connectivity index (χ0n) is 15.5.